The van der Waals surface area contributed by atoms with Gasteiger partial charge in [0.15, 0.2) is 0 Å². The molecule has 0 saturated carbocycles. The Bertz CT molecular complexity index is 926. The van der Waals surface area contributed by atoms with Gasteiger partial charge in [-0.1, -0.05) is 13.0 Å². The van der Waals surface area contributed by atoms with Crippen LogP contribution >= 0.6 is 0 Å². The monoisotopic (exact) mass is 420 g/mol. The Morgan fingerprint density at radius 2 is 1.76 bits per heavy atom. The van der Waals surface area contributed by atoms with Crippen molar-refractivity contribution in [1.29, 1.82) is 0 Å². The van der Waals surface area contributed by atoms with Crippen LogP contribution < -0.4 is 19.1 Å². The lowest BCUT2D eigenvalue weighted by Crippen LogP contribution is -2.47. The average Bonchev–Trinajstić information content (AvgIpc) is 2.66. The quantitative estimate of drug-likeness (QED) is 0.669. The number of sulfonamides is 1. The molecule has 1 atom stereocenters. The largest absolute Gasteiger partial charge is 0.497 e. The van der Waals surface area contributed by atoms with E-state index in [1.54, 1.807) is 55.5 Å². The van der Waals surface area contributed by atoms with E-state index in [4.69, 9.17) is 9.47 Å². The third kappa shape index (κ3) is 6.12. The first-order valence-electron chi connectivity index (χ1n) is 9.36. The van der Waals surface area contributed by atoms with E-state index < -0.39 is 22.0 Å². The molecule has 1 N–H and O–H groups in total. The zero-order valence-corrected chi connectivity index (χ0v) is 18.2. The molecule has 0 aliphatic heterocycles. The Labute approximate surface area is 172 Å². The SMILES string of the molecule is CCC(C(=O)Nc1ccc(OC(C)C)cc1)N(c1cccc(OC)c1)S(C)(=O)=O. The smallest absolute Gasteiger partial charge is 0.248 e. The van der Waals surface area contributed by atoms with Crippen molar-refractivity contribution in [2.45, 2.75) is 39.3 Å². The molecule has 0 heterocycles. The number of amides is 1. The number of rotatable bonds is 9. The summed E-state index contributed by atoms with van der Waals surface area (Å²) in [6.45, 7) is 5.63. The predicted octanol–water partition coefficient (Wildman–Crippen LogP) is 3.67. The number of nitrogens with one attached hydrogen (secondary N) is 1. The van der Waals surface area contributed by atoms with Gasteiger partial charge in [0, 0.05) is 11.8 Å². The van der Waals surface area contributed by atoms with E-state index in [0.29, 0.717) is 29.3 Å². The van der Waals surface area contributed by atoms with Crippen molar-refractivity contribution in [3.05, 3.63) is 48.5 Å². The lowest BCUT2D eigenvalue weighted by molar-refractivity contribution is -0.117. The molecule has 1 unspecified atom stereocenters. The van der Waals surface area contributed by atoms with Gasteiger partial charge in [-0.3, -0.25) is 9.10 Å². The molecule has 1 amide bonds. The molecule has 0 bridgehead atoms. The van der Waals surface area contributed by atoms with E-state index in [1.807, 2.05) is 13.8 Å². The van der Waals surface area contributed by atoms with Crippen LogP contribution in [-0.2, 0) is 14.8 Å². The molecule has 8 heteroatoms. The second-order valence-electron chi connectivity index (χ2n) is 6.86. The van der Waals surface area contributed by atoms with Crippen LogP contribution in [0.15, 0.2) is 48.5 Å². The molecule has 0 aliphatic rings. The first-order chi connectivity index (χ1) is 13.7. The zero-order valence-electron chi connectivity index (χ0n) is 17.4. The summed E-state index contributed by atoms with van der Waals surface area (Å²) in [5, 5.41) is 2.79. The van der Waals surface area contributed by atoms with Crippen molar-refractivity contribution >= 4 is 27.3 Å². The fourth-order valence-electron chi connectivity index (χ4n) is 2.92. The molecule has 0 aliphatic carbocycles. The first kappa shape index (κ1) is 22.5. The Hall–Kier alpha value is -2.74. The molecule has 158 valence electrons. The predicted molar refractivity (Wildman–Crippen MR) is 115 cm³/mol. The Morgan fingerprint density at radius 1 is 1.10 bits per heavy atom. The number of carbonyl (C=O) groups excluding carboxylic acids is 1. The fourth-order valence-corrected chi connectivity index (χ4v) is 4.13. The zero-order chi connectivity index (χ0) is 21.6. The average molecular weight is 421 g/mol. The van der Waals surface area contributed by atoms with Crippen molar-refractivity contribution in [3.63, 3.8) is 0 Å². The number of benzene rings is 2. The highest BCUT2D eigenvalue weighted by molar-refractivity contribution is 7.92. The number of methoxy groups -OCH3 is 1. The van der Waals surface area contributed by atoms with Crippen LogP contribution in [0.4, 0.5) is 11.4 Å². The first-order valence-corrected chi connectivity index (χ1v) is 11.2. The molecule has 2 aromatic rings. The van der Waals surface area contributed by atoms with Gasteiger partial charge in [-0.05, 0) is 56.7 Å². The summed E-state index contributed by atoms with van der Waals surface area (Å²) in [6, 6.07) is 12.7. The molecular formula is C21H28N2O5S. The number of hydrogen-bond donors (Lipinski definition) is 1. The van der Waals surface area contributed by atoms with Crippen molar-refractivity contribution in [1.82, 2.24) is 0 Å². The van der Waals surface area contributed by atoms with Crippen LogP contribution in [0, 0.1) is 0 Å². The van der Waals surface area contributed by atoms with Gasteiger partial charge < -0.3 is 14.8 Å². The molecule has 29 heavy (non-hydrogen) atoms. The van der Waals surface area contributed by atoms with Gasteiger partial charge in [0.1, 0.15) is 17.5 Å². The number of hydrogen-bond acceptors (Lipinski definition) is 5. The lowest BCUT2D eigenvalue weighted by atomic mass is 10.1. The van der Waals surface area contributed by atoms with Gasteiger partial charge in [-0.2, -0.15) is 0 Å². The number of nitrogens with zero attached hydrogens (tertiary/aromatic N) is 1. The highest BCUT2D eigenvalue weighted by Gasteiger charge is 2.31. The molecule has 0 fully saturated rings. The molecule has 2 rings (SSSR count). The maximum atomic E-state index is 12.9. The van der Waals surface area contributed by atoms with Crippen molar-refractivity contribution in [2.75, 3.05) is 23.0 Å². The number of ether oxygens (including phenoxy) is 2. The summed E-state index contributed by atoms with van der Waals surface area (Å²) in [4.78, 5) is 12.9. The maximum absolute atomic E-state index is 12.9. The highest BCUT2D eigenvalue weighted by Crippen LogP contribution is 2.27. The number of anilines is 2. The minimum absolute atomic E-state index is 0.0473. The summed E-state index contributed by atoms with van der Waals surface area (Å²) in [5.41, 5.74) is 0.929. The van der Waals surface area contributed by atoms with Gasteiger partial charge in [-0.25, -0.2) is 8.42 Å². The van der Waals surface area contributed by atoms with Gasteiger partial charge in [-0.15, -0.1) is 0 Å². The van der Waals surface area contributed by atoms with Gasteiger partial charge in [0.05, 0.1) is 25.2 Å². The molecular weight excluding hydrogens is 392 g/mol. The van der Waals surface area contributed by atoms with Gasteiger partial charge in [0.25, 0.3) is 0 Å². The minimum Gasteiger partial charge on any atom is -0.497 e. The van der Waals surface area contributed by atoms with Gasteiger partial charge >= 0.3 is 0 Å². The van der Waals surface area contributed by atoms with Crippen molar-refractivity contribution < 1.29 is 22.7 Å². The molecule has 0 spiro atoms. The van der Waals surface area contributed by atoms with Gasteiger partial charge in [0.2, 0.25) is 15.9 Å². The molecule has 7 nitrogen and oxygen atoms in total. The van der Waals surface area contributed by atoms with E-state index in [0.717, 1.165) is 10.6 Å². The summed E-state index contributed by atoms with van der Waals surface area (Å²) in [7, 11) is -2.21. The number of carbonyl (C=O) groups is 1. The maximum Gasteiger partial charge on any atom is 0.248 e. The van der Waals surface area contributed by atoms with E-state index in [9.17, 15) is 13.2 Å². The fraction of sp³-hybridized carbons (Fsp3) is 0.381. The van der Waals surface area contributed by atoms with Crippen LogP contribution in [0.3, 0.4) is 0 Å². The van der Waals surface area contributed by atoms with Crippen LogP contribution in [0.2, 0.25) is 0 Å². The summed E-state index contributed by atoms with van der Waals surface area (Å²) < 4.78 is 37.0. The van der Waals surface area contributed by atoms with Crippen LogP contribution in [0.5, 0.6) is 11.5 Å². The molecule has 0 aromatic heterocycles. The Balaban J connectivity index is 2.28. The van der Waals surface area contributed by atoms with Crippen LogP contribution in [0.25, 0.3) is 0 Å². The van der Waals surface area contributed by atoms with E-state index in [1.165, 1.54) is 7.11 Å². The summed E-state index contributed by atoms with van der Waals surface area (Å²) in [6.07, 6.45) is 1.43. The Kier molecular flexibility index (Phi) is 7.50. The molecule has 0 saturated heterocycles. The summed E-state index contributed by atoms with van der Waals surface area (Å²) in [5.74, 6) is 0.782. The third-order valence-corrected chi connectivity index (χ3v) is 5.31. The Morgan fingerprint density at radius 3 is 2.28 bits per heavy atom. The second kappa shape index (κ2) is 9.65. The van der Waals surface area contributed by atoms with Crippen molar-refractivity contribution in [3.8, 4) is 11.5 Å². The minimum atomic E-state index is -3.71. The molecule has 2 aromatic carbocycles. The normalized spacial score (nSPS) is 12.3. The topological polar surface area (TPSA) is 84.9 Å². The second-order valence-corrected chi connectivity index (χ2v) is 8.72. The lowest BCUT2D eigenvalue weighted by Gasteiger charge is -2.30. The van der Waals surface area contributed by atoms with E-state index >= 15 is 0 Å². The van der Waals surface area contributed by atoms with Crippen LogP contribution in [-0.4, -0.2) is 39.8 Å². The van der Waals surface area contributed by atoms with E-state index in [2.05, 4.69) is 5.32 Å². The standard InChI is InChI=1S/C21H28N2O5S/c1-6-20(21(24)22-16-10-12-18(13-11-16)28-15(2)3)23(29(5,25)26)17-8-7-9-19(14-17)27-4/h7-15,20H,6H2,1-5H3,(H,22,24). The third-order valence-electron chi connectivity index (χ3n) is 4.13. The highest BCUT2D eigenvalue weighted by atomic mass is 32.2. The van der Waals surface area contributed by atoms with Crippen LogP contribution in [0.1, 0.15) is 27.2 Å². The summed E-state index contributed by atoms with van der Waals surface area (Å²) >= 11 is 0. The van der Waals surface area contributed by atoms with E-state index in [-0.39, 0.29) is 6.10 Å². The van der Waals surface area contributed by atoms with Crippen molar-refractivity contribution in [2.24, 2.45) is 0 Å². The molecule has 0 radical (unpaired) electrons.